The third kappa shape index (κ3) is 2.77. The van der Waals surface area contributed by atoms with E-state index in [-0.39, 0.29) is 4.90 Å². The molecule has 7 nitrogen and oxygen atoms in total. The van der Waals surface area contributed by atoms with Gasteiger partial charge in [0.25, 0.3) is 0 Å². The van der Waals surface area contributed by atoms with Crippen molar-refractivity contribution in [3.05, 3.63) is 35.7 Å². The number of fused-ring (bicyclic) bond motifs is 2. The minimum atomic E-state index is -3.57. The van der Waals surface area contributed by atoms with E-state index in [0.29, 0.717) is 17.9 Å². The van der Waals surface area contributed by atoms with Crippen LogP contribution in [0, 0.1) is 0 Å². The van der Waals surface area contributed by atoms with Gasteiger partial charge in [-0.15, -0.1) is 0 Å². The average Bonchev–Trinajstić information content (AvgIpc) is 2.95. The maximum atomic E-state index is 12.1. The zero-order valence-corrected chi connectivity index (χ0v) is 13.9. The van der Waals surface area contributed by atoms with Crippen LogP contribution < -0.4 is 10.6 Å². The molecular formula is C16H18N4O3S. The quantitative estimate of drug-likeness (QED) is 0.880. The molecule has 4 rings (SSSR count). The number of aryl methyl sites for hydroxylation is 2. The number of carbonyl (C=O) groups is 1. The van der Waals surface area contributed by atoms with Crippen molar-refractivity contribution < 1.29 is 13.2 Å². The van der Waals surface area contributed by atoms with Crippen LogP contribution in [0.5, 0.6) is 0 Å². The fourth-order valence-electron chi connectivity index (χ4n) is 3.19. The fourth-order valence-corrected chi connectivity index (χ4v) is 4.52. The Bertz CT molecular complexity index is 894. The summed E-state index contributed by atoms with van der Waals surface area (Å²) in [4.78, 5) is 11.6. The molecule has 0 saturated carbocycles. The van der Waals surface area contributed by atoms with Crippen molar-refractivity contribution in [2.45, 2.75) is 37.2 Å². The summed E-state index contributed by atoms with van der Waals surface area (Å²) in [7, 11) is -3.57. The number of benzene rings is 1. The lowest BCUT2D eigenvalue weighted by molar-refractivity contribution is -0.114. The molecule has 3 heterocycles. The molecule has 1 aromatic heterocycles. The van der Waals surface area contributed by atoms with Crippen molar-refractivity contribution in [1.29, 1.82) is 0 Å². The Morgan fingerprint density at radius 1 is 1.25 bits per heavy atom. The van der Waals surface area contributed by atoms with Crippen molar-refractivity contribution >= 4 is 27.1 Å². The monoisotopic (exact) mass is 346 g/mol. The van der Waals surface area contributed by atoms with Crippen LogP contribution in [0.4, 0.5) is 11.4 Å². The molecule has 0 bridgehead atoms. The highest BCUT2D eigenvalue weighted by atomic mass is 32.2. The molecule has 0 atom stereocenters. The van der Waals surface area contributed by atoms with Crippen molar-refractivity contribution in [3.63, 3.8) is 0 Å². The second kappa shape index (κ2) is 5.62. The molecule has 0 spiro atoms. The molecule has 126 valence electrons. The SMILES string of the molecule is O=C1CS(=O)(=O)c2cc(NCc3cc4n(n3)CCCC4)ccc2N1. The molecule has 0 radical (unpaired) electrons. The van der Waals surface area contributed by atoms with Crippen LogP contribution >= 0.6 is 0 Å². The van der Waals surface area contributed by atoms with Gasteiger partial charge >= 0.3 is 0 Å². The maximum absolute atomic E-state index is 12.1. The highest BCUT2D eigenvalue weighted by molar-refractivity contribution is 7.92. The normalized spacial score (nSPS) is 18.4. The Hall–Kier alpha value is -2.35. The van der Waals surface area contributed by atoms with Gasteiger partial charge in [0.05, 0.1) is 22.8 Å². The van der Waals surface area contributed by atoms with E-state index in [1.54, 1.807) is 18.2 Å². The Morgan fingerprint density at radius 3 is 2.96 bits per heavy atom. The summed E-state index contributed by atoms with van der Waals surface area (Å²) in [5, 5.41) is 10.4. The number of nitrogens with one attached hydrogen (secondary N) is 2. The van der Waals surface area contributed by atoms with E-state index in [2.05, 4.69) is 21.8 Å². The number of sulfone groups is 1. The van der Waals surface area contributed by atoms with Crippen LogP contribution in [0.1, 0.15) is 24.2 Å². The lowest BCUT2D eigenvalue weighted by Crippen LogP contribution is -2.29. The van der Waals surface area contributed by atoms with Gasteiger partial charge in [0.15, 0.2) is 9.84 Å². The van der Waals surface area contributed by atoms with E-state index in [0.717, 1.165) is 25.1 Å². The fraction of sp³-hybridized carbons (Fsp3) is 0.375. The van der Waals surface area contributed by atoms with Crippen LogP contribution in [-0.2, 0) is 34.1 Å². The summed E-state index contributed by atoms with van der Waals surface area (Å²) >= 11 is 0. The number of hydrogen-bond acceptors (Lipinski definition) is 5. The third-order valence-electron chi connectivity index (χ3n) is 4.35. The molecule has 8 heteroatoms. The number of nitrogens with zero attached hydrogens (tertiary/aromatic N) is 2. The molecule has 2 aliphatic heterocycles. The van der Waals surface area contributed by atoms with Gasteiger partial charge in [0, 0.05) is 17.9 Å². The molecule has 2 N–H and O–H groups in total. The topological polar surface area (TPSA) is 93.1 Å². The minimum absolute atomic E-state index is 0.163. The molecule has 0 fully saturated rings. The maximum Gasteiger partial charge on any atom is 0.239 e. The van der Waals surface area contributed by atoms with E-state index in [1.807, 2.05) is 4.68 Å². The molecule has 0 unspecified atom stereocenters. The summed E-state index contributed by atoms with van der Waals surface area (Å²) in [5.74, 6) is -0.996. The van der Waals surface area contributed by atoms with Gasteiger partial charge < -0.3 is 10.6 Å². The molecular weight excluding hydrogens is 328 g/mol. The molecule has 24 heavy (non-hydrogen) atoms. The van der Waals surface area contributed by atoms with Crippen molar-refractivity contribution in [3.8, 4) is 0 Å². The standard InChI is InChI=1S/C16H18N4O3S/c21-16-10-24(22,23)15-8-11(4-5-14(15)18-16)17-9-12-7-13-3-1-2-6-20(13)19-12/h4-5,7-8,17H,1-3,6,9-10H2,(H,18,21). The zero-order valence-electron chi connectivity index (χ0n) is 13.1. The van der Waals surface area contributed by atoms with Crippen molar-refractivity contribution in [1.82, 2.24) is 9.78 Å². The van der Waals surface area contributed by atoms with E-state index in [9.17, 15) is 13.2 Å². The average molecular weight is 346 g/mol. The van der Waals surface area contributed by atoms with Gasteiger partial charge in [-0.3, -0.25) is 9.48 Å². The minimum Gasteiger partial charge on any atom is -0.379 e. The first-order valence-corrected chi connectivity index (χ1v) is 9.63. The van der Waals surface area contributed by atoms with Crippen LogP contribution in [0.15, 0.2) is 29.2 Å². The van der Waals surface area contributed by atoms with Crippen LogP contribution in [-0.4, -0.2) is 29.9 Å². The Kier molecular flexibility index (Phi) is 3.56. The van der Waals surface area contributed by atoms with Gasteiger partial charge in [-0.1, -0.05) is 0 Å². The molecule has 2 aromatic rings. The number of rotatable bonds is 3. The van der Waals surface area contributed by atoms with E-state index in [1.165, 1.54) is 12.1 Å². The van der Waals surface area contributed by atoms with Crippen molar-refractivity contribution in [2.24, 2.45) is 0 Å². The van der Waals surface area contributed by atoms with Gasteiger partial charge in [0.2, 0.25) is 5.91 Å². The van der Waals surface area contributed by atoms with E-state index < -0.39 is 21.5 Å². The zero-order chi connectivity index (χ0) is 16.7. The molecule has 1 amide bonds. The van der Waals surface area contributed by atoms with Crippen molar-refractivity contribution in [2.75, 3.05) is 16.4 Å². The predicted molar refractivity (Wildman–Crippen MR) is 89.6 cm³/mol. The molecule has 2 aliphatic rings. The number of carbonyl (C=O) groups excluding carboxylic acids is 1. The highest BCUT2D eigenvalue weighted by Gasteiger charge is 2.28. The number of amides is 1. The van der Waals surface area contributed by atoms with E-state index in [4.69, 9.17) is 0 Å². The van der Waals surface area contributed by atoms with Crippen LogP contribution in [0.2, 0.25) is 0 Å². The van der Waals surface area contributed by atoms with Gasteiger partial charge in [0.1, 0.15) is 5.75 Å². The Morgan fingerprint density at radius 2 is 2.12 bits per heavy atom. The summed E-state index contributed by atoms with van der Waals surface area (Å²) in [6.07, 6.45) is 3.42. The number of aromatic nitrogens is 2. The first kappa shape index (κ1) is 15.2. The predicted octanol–water partition coefficient (Wildman–Crippen LogP) is 1.56. The smallest absolute Gasteiger partial charge is 0.239 e. The van der Waals surface area contributed by atoms with Crippen LogP contribution in [0.3, 0.4) is 0 Å². The number of hydrogen-bond donors (Lipinski definition) is 2. The summed E-state index contributed by atoms with van der Waals surface area (Å²) in [6.45, 7) is 1.50. The van der Waals surface area contributed by atoms with Gasteiger partial charge in [-0.25, -0.2) is 8.42 Å². The number of anilines is 2. The molecule has 1 aromatic carbocycles. The van der Waals surface area contributed by atoms with E-state index >= 15 is 0 Å². The largest absolute Gasteiger partial charge is 0.379 e. The lowest BCUT2D eigenvalue weighted by Gasteiger charge is -2.18. The summed E-state index contributed by atoms with van der Waals surface area (Å²) < 4.78 is 26.3. The summed E-state index contributed by atoms with van der Waals surface area (Å²) in [6, 6.07) is 7.04. The van der Waals surface area contributed by atoms with Gasteiger partial charge in [-0.2, -0.15) is 5.10 Å². The Labute approximate surface area is 140 Å². The second-order valence-electron chi connectivity index (χ2n) is 6.18. The third-order valence-corrected chi connectivity index (χ3v) is 6.00. The molecule has 0 aliphatic carbocycles. The first-order chi connectivity index (χ1) is 11.5. The summed E-state index contributed by atoms with van der Waals surface area (Å²) in [5.41, 5.74) is 3.24. The Balaban J connectivity index is 1.54. The van der Waals surface area contributed by atoms with Crippen LogP contribution in [0.25, 0.3) is 0 Å². The second-order valence-corrected chi connectivity index (χ2v) is 8.14. The van der Waals surface area contributed by atoms with Gasteiger partial charge in [-0.05, 0) is 43.5 Å². The lowest BCUT2D eigenvalue weighted by atomic mass is 10.1. The highest BCUT2D eigenvalue weighted by Crippen LogP contribution is 2.29. The molecule has 0 saturated heterocycles. The first-order valence-electron chi connectivity index (χ1n) is 7.97.